The van der Waals surface area contributed by atoms with Crippen LogP contribution in [0.25, 0.3) is 0 Å². The minimum Gasteiger partial charge on any atom is -0.369 e. The molecule has 0 aliphatic heterocycles. The molecule has 0 bridgehead atoms. The normalized spacial score (nSPS) is 10.8. The van der Waals surface area contributed by atoms with Crippen LogP contribution >= 0.6 is 0 Å². The number of likely N-dealkylation sites (N-methyl/N-ethyl adjacent to an activating group) is 2. The molecule has 2 heterocycles. The van der Waals surface area contributed by atoms with E-state index in [9.17, 15) is 0 Å². The van der Waals surface area contributed by atoms with Crippen molar-refractivity contribution in [2.24, 2.45) is 0 Å². The van der Waals surface area contributed by atoms with Gasteiger partial charge < -0.3 is 15.1 Å². The summed E-state index contributed by atoms with van der Waals surface area (Å²) in [4.78, 5) is 17.3. The highest BCUT2D eigenvalue weighted by Gasteiger charge is 2.07. The summed E-state index contributed by atoms with van der Waals surface area (Å²) in [6.45, 7) is 4.66. The third-order valence-electron chi connectivity index (χ3n) is 3.57. The van der Waals surface area contributed by atoms with Crippen LogP contribution in [-0.2, 0) is 6.42 Å². The average molecular weight is 314 g/mol. The molecular weight excluding hydrogens is 288 g/mol. The van der Waals surface area contributed by atoms with Gasteiger partial charge in [0, 0.05) is 45.1 Å². The number of aryl methyl sites for hydroxylation is 1. The van der Waals surface area contributed by atoms with Gasteiger partial charge in [0.25, 0.3) is 0 Å². The maximum atomic E-state index is 4.54. The van der Waals surface area contributed by atoms with Crippen molar-refractivity contribution in [2.45, 2.75) is 13.3 Å². The zero-order chi connectivity index (χ0) is 16.7. The molecule has 0 saturated heterocycles. The molecule has 0 radical (unpaired) electrons. The van der Waals surface area contributed by atoms with E-state index in [1.807, 2.05) is 37.5 Å². The van der Waals surface area contributed by atoms with E-state index in [4.69, 9.17) is 0 Å². The first-order valence-corrected chi connectivity index (χ1v) is 7.89. The van der Waals surface area contributed by atoms with Gasteiger partial charge in [-0.1, -0.05) is 0 Å². The third-order valence-corrected chi connectivity index (χ3v) is 3.57. The van der Waals surface area contributed by atoms with Gasteiger partial charge >= 0.3 is 0 Å². The van der Waals surface area contributed by atoms with Crippen molar-refractivity contribution in [1.29, 1.82) is 0 Å². The molecule has 0 aromatic carbocycles. The predicted octanol–water partition coefficient (Wildman–Crippen LogP) is 1.83. The van der Waals surface area contributed by atoms with Crippen molar-refractivity contribution in [3.05, 3.63) is 42.0 Å². The van der Waals surface area contributed by atoms with E-state index in [1.165, 1.54) is 5.56 Å². The average Bonchev–Trinajstić information content (AvgIpc) is 2.52. The molecule has 0 unspecified atom stereocenters. The van der Waals surface area contributed by atoms with Gasteiger partial charge in [-0.05, 0) is 45.1 Å². The molecule has 0 spiro atoms. The lowest BCUT2D eigenvalue weighted by Gasteiger charge is -2.19. The lowest BCUT2D eigenvalue weighted by Crippen LogP contribution is -2.23. The van der Waals surface area contributed by atoms with Gasteiger partial charge in [0.1, 0.15) is 17.5 Å². The van der Waals surface area contributed by atoms with E-state index in [-0.39, 0.29) is 0 Å². The highest BCUT2D eigenvalue weighted by Crippen LogP contribution is 2.15. The second kappa shape index (κ2) is 8.43. The van der Waals surface area contributed by atoms with Crippen LogP contribution in [0.15, 0.2) is 30.6 Å². The summed E-state index contributed by atoms with van der Waals surface area (Å²) in [6.07, 6.45) is 4.62. The lowest BCUT2D eigenvalue weighted by molar-refractivity contribution is 0.425. The molecule has 0 aliphatic rings. The van der Waals surface area contributed by atoms with Crippen LogP contribution in [0.1, 0.15) is 11.4 Å². The predicted molar refractivity (Wildman–Crippen MR) is 95.0 cm³/mol. The van der Waals surface area contributed by atoms with E-state index in [0.717, 1.165) is 43.5 Å². The van der Waals surface area contributed by atoms with Gasteiger partial charge in [0.05, 0.1) is 0 Å². The molecule has 6 nitrogen and oxygen atoms in total. The monoisotopic (exact) mass is 314 g/mol. The second-order valence-electron chi connectivity index (χ2n) is 5.92. The summed E-state index contributed by atoms with van der Waals surface area (Å²) in [6, 6.07) is 6.11. The summed E-state index contributed by atoms with van der Waals surface area (Å²) in [5.74, 6) is 2.61. The molecule has 0 aliphatic carbocycles. The maximum Gasteiger partial charge on any atom is 0.134 e. The number of pyridine rings is 1. The number of nitrogens with zero attached hydrogens (tertiary/aromatic N) is 5. The molecule has 2 aromatic rings. The molecule has 23 heavy (non-hydrogen) atoms. The van der Waals surface area contributed by atoms with Crippen LogP contribution in [0, 0.1) is 6.92 Å². The Bertz CT molecular complexity index is 599. The summed E-state index contributed by atoms with van der Waals surface area (Å²) < 4.78 is 0. The van der Waals surface area contributed by atoms with Crippen LogP contribution in [-0.4, -0.2) is 60.6 Å². The summed E-state index contributed by atoms with van der Waals surface area (Å²) >= 11 is 0. The summed E-state index contributed by atoms with van der Waals surface area (Å²) in [5.41, 5.74) is 1.28. The Kier molecular flexibility index (Phi) is 6.29. The van der Waals surface area contributed by atoms with Gasteiger partial charge in [-0.3, -0.25) is 4.98 Å². The van der Waals surface area contributed by atoms with Crippen molar-refractivity contribution < 1.29 is 0 Å². The zero-order valence-corrected chi connectivity index (χ0v) is 14.5. The molecule has 0 fully saturated rings. The number of aromatic nitrogens is 3. The van der Waals surface area contributed by atoms with E-state index in [1.54, 1.807) is 0 Å². The van der Waals surface area contributed by atoms with Gasteiger partial charge in [0.2, 0.25) is 0 Å². The largest absolute Gasteiger partial charge is 0.369 e. The third kappa shape index (κ3) is 5.83. The van der Waals surface area contributed by atoms with Crippen molar-refractivity contribution in [2.75, 3.05) is 51.0 Å². The van der Waals surface area contributed by atoms with E-state index in [2.05, 4.69) is 51.2 Å². The van der Waals surface area contributed by atoms with Crippen LogP contribution < -0.4 is 10.2 Å². The van der Waals surface area contributed by atoms with E-state index < -0.39 is 0 Å². The first-order chi connectivity index (χ1) is 11.0. The van der Waals surface area contributed by atoms with Crippen molar-refractivity contribution in [3.63, 3.8) is 0 Å². The zero-order valence-electron chi connectivity index (χ0n) is 14.5. The maximum absolute atomic E-state index is 4.54. The molecule has 0 saturated carbocycles. The van der Waals surface area contributed by atoms with Crippen LogP contribution in [0.3, 0.4) is 0 Å². The summed E-state index contributed by atoms with van der Waals surface area (Å²) in [7, 11) is 6.18. The molecule has 0 atom stereocenters. The molecule has 0 amide bonds. The van der Waals surface area contributed by atoms with Crippen LogP contribution in [0.4, 0.5) is 11.6 Å². The van der Waals surface area contributed by atoms with E-state index >= 15 is 0 Å². The number of anilines is 2. The SMILES string of the molecule is Cc1nc(NCCN(C)C)cc(N(C)CCc2ccncc2)n1. The quantitative estimate of drug-likeness (QED) is 0.802. The molecule has 6 heteroatoms. The Morgan fingerprint density at radius 2 is 1.78 bits per heavy atom. The Morgan fingerprint density at radius 3 is 2.48 bits per heavy atom. The minimum absolute atomic E-state index is 0.783. The first kappa shape index (κ1) is 17.1. The van der Waals surface area contributed by atoms with Gasteiger partial charge in [-0.25, -0.2) is 9.97 Å². The topological polar surface area (TPSA) is 57.2 Å². The highest BCUT2D eigenvalue weighted by molar-refractivity contribution is 5.49. The van der Waals surface area contributed by atoms with Gasteiger partial charge in [-0.15, -0.1) is 0 Å². The van der Waals surface area contributed by atoms with Crippen LogP contribution in [0.5, 0.6) is 0 Å². The number of hydrogen-bond acceptors (Lipinski definition) is 6. The molecule has 2 aromatic heterocycles. The van der Waals surface area contributed by atoms with Crippen molar-refractivity contribution in [3.8, 4) is 0 Å². The molecular formula is C17H26N6. The standard InChI is InChI=1S/C17H26N6/c1-14-20-16(19-10-12-22(2)3)13-17(21-14)23(4)11-7-15-5-8-18-9-6-15/h5-6,8-9,13H,7,10-12H2,1-4H3,(H,19,20,21). The fourth-order valence-electron chi connectivity index (χ4n) is 2.21. The smallest absolute Gasteiger partial charge is 0.134 e. The number of rotatable bonds is 8. The molecule has 124 valence electrons. The fraction of sp³-hybridized carbons (Fsp3) is 0.471. The highest BCUT2D eigenvalue weighted by atomic mass is 15.2. The Balaban J connectivity index is 1.96. The number of hydrogen-bond donors (Lipinski definition) is 1. The van der Waals surface area contributed by atoms with Crippen molar-refractivity contribution >= 4 is 11.6 Å². The van der Waals surface area contributed by atoms with Crippen LogP contribution in [0.2, 0.25) is 0 Å². The number of nitrogens with one attached hydrogen (secondary N) is 1. The van der Waals surface area contributed by atoms with Gasteiger partial charge in [0.15, 0.2) is 0 Å². The Labute approximate surface area is 138 Å². The summed E-state index contributed by atoms with van der Waals surface area (Å²) in [5, 5.41) is 3.36. The second-order valence-corrected chi connectivity index (χ2v) is 5.92. The van der Waals surface area contributed by atoms with Gasteiger partial charge in [-0.2, -0.15) is 0 Å². The minimum atomic E-state index is 0.783. The van der Waals surface area contributed by atoms with E-state index in [0.29, 0.717) is 0 Å². The molecule has 1 N–H and O–H groups in total. The molecule has 2 rings (SSSR count). The lowest BCUT2D eigenvalue weighted by atomic mass is 10.2. The Hall–Kier alpha value is -2.21. The van der Waals surface area contributed by atoms with Crippen molar-refractivity contribution in [1.82, 2.24) is 19.9 Å². The fourth-order valence-corrected chi connectivity index (χ4v) is 2.21. The Morgan fingerprint density at radius 1 is 1.04 bits per heavy atom. The first-order valence-electron chi connectivity index (χ1n) is 7.89.